The smallest absolute Gasteiger partial charge is 0.251 e. The minimum absolute atomic E-state index is 0.0491. The van der Waals surface area contributed by atoms with E-state index in [0.29, 0.717) is 12.1 Å². The number of anilines is 2. The monoisotopic (exact) mass is 422 g/mol. The van der Waals surface area contributed by atoms with Gasteiger partial charge in [-0.15, -0.1) is 0 Å². The molecule has 0 radical (unpaired) electrons. The molecule has 166 valence electrons. The fraction of sp³-hybridized carbons (Fsp3) is 0.440. The Hall–Kier alpha value is -2.86. The molecule has 1 fully saturated rings. The van der Waals surface area contributed by atoms with Crippen LogP contribution in [0.1, 0.15) is 43.1 Å². The van der Waals surface area contributed by atoms with E-state index in [2.05, 4.69) is 48.3 Å². The number of nitrogens with zero attached hydrogens (tertiary/aromatic N) is 2. The van der Waals surface area contributed by atoms with Gasteiger partial charge in [0, 0.05) is 44.7 Å². The van der Waals surface area contributed by atoms with Crippen molar-refractivity contribution in [2.75, 3.05) is 50.0 Å². The number of hydrogen-bond acceptors (Lipinski definition) is 4. The molecule has 0 aliphatic carbocycles. The van der Waals surface area contributed by atoms with Gasteiger partial charge in [-0.2, -0.15) is 0 Å². The first-order valence-electron chi connectivity index (χ1n) is 10.9. The third-order valence-corrected chi connectivity index (χ3v) is 5.67. The molecule has 1 aliphatic heterocycles. The maximum Gasteiger partial charge on any atom is 0.251 e. The number of nitrogens with one attached hydrogen (secondary N) is 2. The maximum absolute atomic E-state index is 12.5. The van der Waals surface area contributed by atoms with Crippen molar-refractivity contribution in [3.8, 4) is 0 Å². The Labute approximate surface area is 185 Å². The SMILES string of the molecule is CN1CCN(c2ccccc2NC(=O)CCNC(=O)c2ccc(C(C)(C)C)cc2)CC1. The van der Waals surface area contributed by atoms with E-state index in [4.69, 9.17) is 0 Å². The van der Waals surface area contributed by atoms with Crippen LogP contribution in [0, 0.1) is 0 Å². The largest absolute Gasteiger partial charge is 0.367 e. The molecule has 3 rings (SSSR count). The van der Waals surface area contributed by atoms with Crippen molar-refractivity contribution in [2.24, 2.45) is 0 Å². The first kappa shape index (κ1) is 22.8. The predicted molar refractivity (Wildman–Crippen MR) is 127 cm³/mol. The Kier molecular flexibility index (Phi) is 7.33. The minimum Gasteiger partial charge on any atom is -0.367 e. The lowest BCUT2D eigenvalue weighted by atomic mass is 9.87. The van der Waals surface area contributed by atoms with Gasteiger partial charge in [-0.05, 0) is 42.3 Å². The number of rotatable bonds is 6. The normalized spacial score (nSPS) is 14.9. The standard InChI is InChI=1S/C25H34N4O2/c1-25(2,3)20-11-9-19(10-12-20)24(31)26-14-13-23(30)27-21-7-5-6-8-22(21)29-17-15-28(4)16-18-29/h5-12H,13-18H2,1-4H3,(H,26,31)(H,27,30). The van der Waals surface area contributed by atoms with Gasteiger partial charge in [-0.3, -0.25) is 9.59 Å². The quantitative estimate of drug-likeness (QED) is 0.748. The number of para-hydroxylation sites is 2. The van der Waals surface area contributed by atoms with Crippen molar-refractivity contribution in [2.45, 2.75) is 32.6 Å². The zero-order valence-electron chi connectivity index (χ0n) is 19.1. The summed E-state index contributed by atoms with van der Waals surface area (Å²) in [6, 6.07) is 15.5. The average Bonchev–Trinajstić information content (AvgIpc) is 2.74. The van der Waals surface area contributed by atoms with Crippen LogP contribution >= 0.6 is 0 Å². The van der Waals surface area contributed by atoms with Crippen LogP contribution in [-0.2, 0) is 10.2 Å². The van der Waals surface area contributed by atoms with Crippen molar-refractivity contribution < 1.29 is 9.59 Å². The zero-order valence-corrected chi connectivity index (χ0v) is 19.1. The summed E-state index contributed by atoms with van der Waals surface area (Å²) in [5.74, 6) is -0.268. The Morgan fingerprint density at radius 2 is 1.58 bits per heavy atom. The van der Waals surface area contributed by atoms with Crippen LogP contribution < -0.4 is 15.5 Å². The fourth-order valence-electron chi connectivity index (χ4n) is 3.63. The van der Waals surface area contributed by atoms with Crippen molar-refractivity contribution >= 4 is 23.2 Å². The van der Waals surface area contributed by atoms with E-state index in [1.54, 1.807) is 0 Å². The second-order valence-corrected chi connectivity index (χ2v) is 9.19. The molecular weight excluding hydrogens is 388 g/mol. The van der Waals surface area contributed by atoms with Crippen LogP contribution in [0.4, 0.5) is 11.4 Å². The highest BCUT2D eigenvalue weighted by atomic mass is 16.2. The summed E-state index contributed by atoms with van der Waals surface area (Å²) in [6.45, 7) is 10.6. The van der Waals surface area contributed by atoms with Crippen LogP contribution in [0.2, 0.25) is 0 Å². The van der Waals surface area contributed by atoms with E-state index in [-0.39, 0.29) is 23.7 Å². The van der Waals surface area contributed by atoms with Gasteiger partial charge in [0.1, 0.15) is 0 Å². The molecule has 6 nitrogen and oxygen atoms in total. The molecule has 2 N–H and O–H groups in total. The Balaban J connectivity index is 1.50. The minimum atomic E-state index is -0.161. The predicted octanol–water partition coefficient (Wildman–Crippen LogP) is 3.49. The topological polar surface area (TPSA) is 64.7 Å². The number of hydrogen-bond donors (Lipinski definition) is 2. The molecule has 0 bridgehead atoms. The van der Waals surface area contributed by atoms with Gasteiger partial charge in [0.25, 0.3) is 5.91 Å². The molecule has 0 aromatic heterocycles. The number of carbonyl (C=O) groups is 2. The molecular formula is C25H34N4O2. The van der Waals surface area contributed by atoms with Crippen LogP contribution in [-0.4, -0.2) is 56.5 Å². The summed E-state index contributed by atoms with van der Waals surface area (Å²) < 4.78 is 0. The summed E-state index contributed by atoms with van der Waals surface area (Å²) in [5.41, 5.74) is 3.71. The molecule has 31 heavy (non-hydrogen) atoms. The number of benzene rings is 2. The molecule has 1 aliphatic rings. The van der Waals surface area contributed by atoms with Gasteiger partial charge in [-0.25, -0.2) is 0 Å². The molecule has 0 atom stereocenters. The molecule has 0 saturated carbocycles. The highest BCUT2D eigenvalue weighted by Crippen LogP contribution is 2.26. The number of likely N-dealkylation sites (N-methyl/N-ethyl adjacent to an activating group) is 1. The first-order valence-corrected chi connectivity index (χ1v) is 10.9. The van der Waals surface area contributed by atoms with Crippen molar-refractivity contribution in [3.63, 3.8) is 0 Å². The van der Waals surface area contributed by atoms with E-state index in [0.717, 1.165) is 37.6 Å². The van der Waals surface area contributed by atoms with E-state index in [9.17, 15) is 9.59 Å². The highest BCUT2D eigenvalue weighted by molar-refractivity contribution is 5.96. The molecule has 6 heteroatoms. The lowest BCUT2D eigenvalue weighted by Crippen LogP contribution is -2.44. The molecule has 1 heterocycles. The van der Waals surface area contributed by atoms with E-state index in [1.165, 1.54) is 5.56 Å². The van der Waals surface area contributed by atoms with Gasteiger partial charge in [0.05, 0.1) is 11.4 Å². The van der Waals surface area contributed by atoms with Gasteiger partial charge >= 0.3 is 0 Å². The average molecular weight is 423 g/mol. The van der Waals surface area contributed by atoms with Crippen molar-refractivity contribution in [1.29, 1.82) is 0 Å². The van der Waals surface area contributed by atoms with Crippen molar-refractivity contribution in [3.05, 3.63) is 59.7 Å². The van der Waals surface area contributed by atoms with Gasteiger partial charge in [0.15, 0.2) is 0 Å². The summed E-state index contributed by atoms with van der Waals surface area (Å²) in [4.78, 5) is 29.5. The number of amides is 2. The van der Waals surface area contributed by atoms with Crippen LogP contribution in [0.15, 0.2) is 48.5 Å². The van der Waals surface area contributed by atoms with Gasteiger partial charge in [-0.1, -0.05) is 45.0 Å². The van der Waals surface area contributed by atoms with Gasteiger partial charge < -0.3 is 20.4 Å². The van der Waals surface area contributed by atoms with E-state index >= 15 is 0 Å². The summed E-state index contributed by atoms with van der Waals surface area (Å²) in [7, 11) is 2.12. The summed E-state index contributed by atoms with van der Waals surface area (Å²) in [6.07, 6.45) is 0.225. The summed E-state index contributed by atoms with van der Waals surface area (Å²) in [5, 5.41) is 5.85. The van der Waals surface area contributed by atoms with Crippen LogP contribution in [0.5, 0.6) is 0 Å². The van der Waals surface area contributed by atoms with E-state index < -0.39 is 0 Å². The van der Waals surface area contributed by atoms with Crippen LogP contribution in [0.25, 0.3) is 0 Å². The molecule has 0 spiro atoms. The number of piperazine rings is 1. The molecule has 0 unspecified atom stereocenters. The lowest BCUT2D eigenvalue weighted by Gasteiger charge is -2.35. The fourth-order valence-corrected chi connectivity index (χ4v) is 3.63. The third-order valence-electron chi connectivity index (χ3n) is 5.67. The maximum atomic E-state index is 12.5. The van der Waals surface area contributed by atoms with Crippen LogP contribution in [0.3, 0.4) is 0 Å². The molecule has 2 amide bonds. The molecule has 2 aromatic rings. The second kappa shape index (κ2) is 9.96. The molecule has 1 saturated heterocycles. The third kappa shape index (κ3) is 6.31. The summed E-state index contributed by atoms with van der Waals surface area (Å²) >= 11 is 0. The first-order chi connectivity index (χ1) is 14.7. The van der Waals surface area contributed by atoms with Crippen molar-refractivity contribution in [1.82, 2.24) is 10.2 Å². The molecule has 2 aromatic carbocycles. The highest BCUT2D eigenvalue weighted by Gasteiger charge is 2.18. The number of carbonyl (C=O) groups excluding carboxylic acids is 2. The second-order valence-electron chi connectivity index (χ2n) is 9.19. The van der Waals surface area contributed by atoms with E-state index in [1.807, 2.05) is 48.5 Å². The van der Waals surface area contributed by atoms with Gasteiger partial charge in [0.2, 0.25) is 5.91 Å². The Morgan fingerprint density at radius 1 is 0.935 bits per heavy atom. The lowest BCUT2D eigenvalue weighted by molar-refractivity contribution is -0.116. The Bertz CT molecular complexity index is 894. The Morgan fingerprint density at radius 3 is 2.23 bits per heavy atom. The zero-order chi connectivity index (χ0) is 22.4.